The van der Waals surface area contributed by atoms with Crippen LogP contribution in [0.5, 0.6) is 0 Å². The monoisotopic (exact) mass is 286 g/mol. The lowest BCUT2D eigenvalue weighted by Gasteiger charge is -2.06. The maximum atomic E-state index is 12.6. The van der Waals surface area contributed by atoms with Gasteiger partial charge < -0.3 is 10.2 Å². The fourth-order valence-electron chi connectivity index (χ4n) is 1.78. The van der Waals surface area contributed by atoms with Crippen LogP contribution in [0.2, 0.25) is 0 Å². The van der Waals surface area contributed by atoms with Gasteiger partial charge in [0.15, 0.2) is 5.13 Å². The lowest BCUT2D eigenvalue weighted by molar-refractivity contribution is -0.137. The zero-order valence-corrected chi connectivity index (χ0v) is 9.93. The molecular formula is C11H5F3N2O2S. The third kappa shape index (κ3) is 1.84. The minimum atomic E-state index is -4.50. The van der Waals surface area contributed by atoms with Crippen molar-refractivity contribution in [1.29, 1.82) is 0 Å². The number of fused-ring (bicyclic) bond motifs is 3. The Bertz CT molecular complexity index is 851. The molecule has 0 aliphatic carbocycles. The fourth-order valence-corrected chi connectivity index (χ4v) is 2.51. The molecule has 98 valence electrons. The summed E-state index contributed by atoms with van der Waals surface area (Å²) in [4.78, 5) is 15.6. The van der Waals surface area contributed by atoms with E-state index >= 15 is 0 Å². The molecule has 0 atom stereocenters. The molecule has 3 aromatic rings. The summed E-state index contributed by atoms with van der Waals surface area (Å²) < 4.78 is 42.8. The number of nitrogen functional groups attached to an aromatic ring is 1. The molecule has 0 bridgehead atoms. The number of anilines is 1. The van der Waals surface area contributed by atoms with Crippen LogP contribution in [0.1, 0.15) is 5.56 Å². The van der Waals surface area contributed by atoms with Crippen LogP contribution in [0.4, 0.5) is 18.3 Å². The van der Waals surface area contributed by atoms with E-state index in [2.05, 4.69) is 4.98 Å². The molecular weight excluding hydrogens is 281 g/mol. The maximum Gasteiger partial charge on any atom is 0.416 e. The number of hydrogen-bond donors (Lipinski definition) is 1. The molecule has 0 aliphatic rings. The first-order chi connectivity index (χ1) is 8.86. The first-order valence-electron chi connectivity index (χ1n) is 5.06. The molecule has 2 N–H and O–H groups in total. The highest BCUT2D eigenvalue weighted by Gasteiger charge is 2.31. The number of nitrogens with zero attached hydrogens (tertiary/aromatic N) is 1. The molecule has 4 nitrogen and oxygen atoms in total. The van der Waals surface area contributed by atoms with Gasteiger partial charge in [-0.1, -0.05) is 11.3 Å². The van der Waals surface area contributed by atoms with Crippen LogP contribution in [-0.4, -0.2) is 4.98 Å². The Hall–Kier alpha value is -2.09. The molecule has 0 spiro atoms. The van der Waals surface area contributed by atoms with Crippen LogP contribution in [0.3, 0.4) is 0 Å². The quantitative estimate of drug-likeness (QED) is 0.645. The van der Waals surface area contributed by atoms with Crippen molar-refractivity contribution < 1.29 is 17.6 Å². The topological polar surface area (TPSA) is 69.1 Å². The van der Waals surface area contributed by atoms with Crippen LogP contribution in [0, 0.1) is 0 Å². The lowest BCUT2D eigenvalue weighted by atomic mass is 10.1. The van der Waals surface area contributed by atoms with E-state index in [-0.39, 0.29) is 20.9 Å². The maximum absolute atomic E-state index is 12.6. The zero-order chi connectivity index (χ0) is 13.8. The molecule has 0 fully saturated rings. The van der Waals surface area contributed by atoms with Gasteiger partial charge in [0.2, 0.25) is 0 Å². The standard InChI is InChI=1S/C11H5F3N2O2S/c12-11(13,14)4-1-2-5-6(3-4)18-9(17)8-7(5)16-10(15)19-8/h1-3H,(H2,15,16). The average molecular weight is 286 g/mol. The molecule has 0 saturated carbocycles. The zero-order valence-electron chi connectivity index (χ0n) is 9.12. The summed E-state index contributed by atoms with van der Waals surface area (Å²) in [5, 5.41) is 0.491. The summed E-state index contributed by atoms with van der Waals surface area (Å²) in [6, 6.07) is 2.92. The molecule has 2 aromatic heterocycles. The number of aromatic nitrogens is 1. The van der Waals surface area contributed by atoms with Gasteiger partial charge in [-0.2, -0.15) is 13.2 Å². The molecule has 0 radical (unpaired) electrons. The highest BCUT2D eigenvalue weighted by Crippen LogP contribution is 2.33. The smallest absolute Gasteiger partial charge is 0.416 e. The number of nitrogens with two attached hydrogens (primary N) is 1. The van der Waals surface area contributed by atoms with Crippen molar-refractivity contribution in [2.75, 3.05) is 5.73 Å². The van der Waals surface area contributed by atoms with Crippen LogP contribution in [0.15, 0.2) is 27.4 Å². The number of thiazole rings is 1. The van der Waals surface area contributed by atoms with Crippen molar-refractivity contribution in [3.05, 3.63) is 34.2 Å². The summed E-state index contributed by atoms with van der Waals surface area (Å²) in [7, 11) is 0. The second-order valence-electron chi connectivity index (χ2n) is 3.83. The van der Waals surface area contributed by atoms with E-state index in [1.165, 1.54) is 6.07 Å². The Balaban J connectivity index is 2.43. The van der Waals surface area contributed by atoms with Crippen LogP contribution >= 0.6 is 11.3 Å². The Morgan fingerprint density at radius 2 is 2.05 bits per heavy atom. The van der Waals surface area contributed by atoms with Crippen molar-refractivity contribution in [1.82, 2.24) is 4.98 Å². The molecule has 2 heterocycles. The SMILES string of the molecule is Nc1nc2c(s1)c(=O)oc1cc(C(F)(F)F)ccc12. The number of benzene rings is 1. The van der Waals surface area contributed by atoms with Crippen molar-refractivity contribution in [3.8, 4) is 0 Å². The predicted octanol–water partition coefficient (Wildman–Crippen LogP) is 3.00. The largest absolute Gasteiger partial charge is 0.422 e. The van der Waals surface area contributed by atoms with Crippen LogP contribution < -0.4 is 11.4 Å². The summed E-state index contributed by atoms with van der Waals surface area (Å²) >= 11 is 0.942. The highest BCUT2D eigenvalue weighted by atomic mass is 32.1. The molecule has 0 saturated heterocycles. The van der Waals surface area contributed by atoms with E-state index in [9.17, 15) is 18.0 Å². The van der Waals surface area contributed by atoms with Crippen LogP contribution in [-0.2, 0) is 6.18 Å². The van der Waals surface area contributed by atoms with E-state index in [4.69, 9.17) is 10.2 Å². The number of rotatable bonds is 0. The Morgan fingerprint density at radius 3 is 2.74 bits per heavy atom. The molecule has 0 amide bonds. The molecule has 0 aliphatic heterocycles. The van der Waals surface area contributed by atoms with Crippen LogP contribution in [0.25, 0.3) is 21.2 Å². The van der Waals surface area contributed by atoms with Crippen molar-refractivity contribution in [3.63, 3.8) is 0 Å². The first-order valence-corrected chi connectivity index (χ1v) is 5.88. The molecule has 3 rings (SSSR count). The lowest BCUT2D eigenvalue weighted by Crippen LogP contribution is -2.05. The Kier molecular flexibility index (Phi) is 2.33. The summed E-state index contributed by atoms with van der Waals surface area (Å²) in [5.41, 5.74) is 3.98. The third-order valence-corrected chi connectivity index (χ3v) is 3.46. The van der Waals surface area contributed by atoms with E-state index < -0.39 is 17.4 Å². The summed E-state index contributed by atoms with van der Waals surface area (Å²) in [6.07, 6.45) is -4.50. The molecule has 19 heavy (non-hydrogen) atoms. The second kappa shape index (κ2) is 3.70. The average Bonchev–Trinajstić information content (AvgIpc) is 2.70. The number of halogens is 3. The van der Waals surface area contributed by atoms with E-state index in [0.717, 1.165) is 23.5 Å². The Labute approximate surface area is 107 Å². The summed E-state index contributed by atoms with van der Waals surface area (Å²) in [6.45, 7) is 0. The minimum Gasteiger partial charge on any atom is -0.422 e. The van der Waals surface area contributed by atoms with E-state index in [1.807, 2.05) is 0 Å². The van der Waals surface area contributed by atoms with Gasteiger partial charge in [-0.15, -0.1) is 0 Å². The van der Waals surface area contributed by atoms with Crippen molar-refractivity contribution in [2.24, 2.45) is 0 Å². The first kappa shape index (κ1) is 12.0. The van der Waals surface area contributed by atoms with Gasteiger partial charge in [-0.05, 0) is 18.2 Å². The number of hydrogen-bond acceptors (Lipinski definition) is 5. The fraction of sp³-hybridized carbons (Fsp3) is 0.0909. The molecule has 0 unspecified atom stereocenters. The normalized spacial score (nSPS) is 12.4. The highest BCUT2D eigenvalue weighted by molar-refractivity contribution is 7.22. The van der Waals surface area contributed by atoms with Gasteiger partial charge in [0.05, 0.1) is 5.56 Å². The molecule has 1 aromatic carbocycles. The van der Waals surface area contributed by atoms with Gasteiger partial charge in [0, 0.05) is 5.39 Å². The van der Waals surface area contributed by atoms with Crippen molar-refractivity contribution in [2.45, 2.75) is 6.18 Å². The van der Waals surface area contributed by atoms with Gasteiger partial charge in [-0.25, -0.2) is 9.78 Å². The Morgan fingerprint density at radius 1 is 1.32 bits per heavy atom. The third-order valence-electron chi connectivity index (χ3n) is 2.60. The van der Waals surface area contributed by atoms with Gasteiger partial charge in [0.1, 0.15) is 15.8 Å². The minimum absolute atomic E-state index is 0.155. The predicted molar refractivity (Wildman–Crippen MR) is 65.1 cm³/mol. The van der Waals surface area contributed by atoms with E-state index in [0.29, 0.717) is 5.39 Å². The van der Waals surface area contributed by atoms with Gasteiger partial charge in [0.25, 0.3) is 0 Å². The second-order valence-corrected chi connectivity index (χ2v) is 4.86. The summed E-state index contributed by atoms with van der Waals surface area (Å²) in [5.74, 6) is 0. The van der Waals surface area contributed by atoms with Crippen molar-refractivity contribution >= 4 is 37.7 Å². The molecule has 8 heteroatoms. The van der Waals surface area contributed by atoms with E-state index in [1.54, 1.807) is 0 Å². The van der Waals surface area contributed by atoms with Gasteiger partial charge in [-0.3, -0.25) is 0 Å². The van der Waals surface area contributed by atoms with Gasteiger partial charge >= 0.3 is 11.8 Å². The number of alkyl halides is 3.